The van der Waals surface area contributed by atoms with Gasteiger partial charge in [0, 0.05) is 59.3 Å². The number of hydrogen-bond donors (Lipinski definition) is 2. The number of nitrogens with zero attached hydrogens (tertiary/aromatic N) is 3. The van der Waals surface area contributed by atoms with Crippen molar-refractivity contribution in [3.05, 3.63) is 35.4 Å². The smallest absolute Gasteiger partial charge is 0.220 e. The van der Waals surface area contributed by atoms with Gasteiger partial charge in [-0.05, 0) is 42.7 Å². The van der Waals surface area contributed by atoms with Crippen LogP contribution >= 0.6 is 0 Å². The third kappa shape index (κ3) is 5.72. The lowest BCUT2D eigenvalue weighted by Crippen LogP contribution is -2.51. The first-order valence-corrected chi connectivity index (χ1v) is 11.1. The van der Waals surface area contributed by atoms with Crippen LogP contribution in [-0.4, -0.2) is 68.0 Å². The highest BCUT2D eigenvalue weighted by atomic mass is 16.1. The number of amides is 1. The number of rotatable bonds is 6. The number of carbonyl (C=O) groups is 1. The average Bonchev–Trinajstić information content (AvgIpc) is 2.77. The van der Waals surface area contributed by atoms with Crippen LogP contribution in [-0.2, 0) is 17.8 Å². The fourth-order valence-electron chi connectivity index (χ4n) is 4.62. The molecule has 1 fully saturated rings. The summed E-state index contributed by atoms with van der Waals surface area (Å²) in [7, 11) is 3.59. The predicted molar refractivity (Wildman–Crippen MR) is 119 cm³/mol. The van der Waals surface area contributed by atoms with Crippen molar-refractivity contribution >= 4 is 11.9 Å². The van der Waals surface area contributed by atoms with E-state index < -0.39 is 0 Å². The van der Waals surface area contributed by atoms with Gasteiger partial charge in [0.15, 0.2) is 5.96 Å². The molecule has 2 aliphatic rings. The highest BCUT2D eigenvalue weighted by Crippen LogP contribution is 2.22. The Balaban J connectivity index is 1.49. The fraction of sp³-hybridized carbons (Fsp3) is 0.652. The molecule has 0 aliphatic carbocycles. The summed E-state index contributed by atoms with van der Waals surface area (Å²) in [5.74, 6) is 1.64. The maximum Gasteiger partial charge on any atom is 0.220 e. The van der Waals surface area contributed by atoms with Crippen LogP contribution in [0.2, 0.25) is 0 Å². The summed E-state index contributed by atoms with van der Waals surface area (Å²) in [5, 5.41) is 6.37. The van der Waals surface area contributed by atoms with Gasteiger partial charge in [-0.15, -0.1) is 0 Å². The van der Waals surface area contributed by atoms with Crippen molar-refractivity contribution in [3.8, 4) is 0 Å². The van der Waals surface area contributed by atoms with Gasteiger partial charge in [-0.25, -0.2) is 0 Å². The molecule has 2 N–H and O–H groups in total. The summed E-state index contributed by atoms with van der Waals surface area (Å²) < 4.78 is 0. The maximum atomic E-state index is 11.6. The molecule has 0 bridgehead atoms. The van der Waals surface area contributed by atoms with E-state index in [1.807, 2.05) is 7.05 Å². The van der Waals surface area contributed by atoms with Crippen molar-refractivity contribution in [2.75, 3.05) is 40.3 Å². The molecule has 0 spiro atoms. The summed E-state index contributed by atoms with van der Waals surface area (Å²) in [5.41, 5.74) is 2.97. The number of likely N-dealkylation sites (tertiary alicyclic amines) is 1. The Morgan fingerprint density at radius 3 is 2.59 bits per heavy atom. The van der Waals surface area contributed by atoms with E-state index in [1.54, 1.807) is 7.05 Å². The molecule has 1 aromatic carbocycles. The summed E-state index contributed by atoms with van der Waals surface area (Å²) in [6.45, 7) is 7.30. The van der Waals surface area contributed by atoms with Gasteiger partial charge in [-0.2, -0.15) is 0 Å². The average molecular weight is 400 g/mol. The molecule has 1 unspecified atom stereocenters. The number of benzene rings is 1. The van der Waals surface area contributed by atoms with Crippen LogP contribution in [0.3, 0.4) is 0 Å². The van der Waals surface area contributed by atoms with Crippen molar-refractivity contribution in [2.24, 2.45) is 10.9 Å². The van der Waals surface area contributed by atoms with E-state index in [1.165, 1.54) is 11.1 Å². The van der Waals surface area contributed by atoms with Crippen molar-refractivity contribution in [3.63, 3.8) is 0 Å². The number of hydrogen-bond acceptors (Lipinski definition) is 3. The molecular weight excluding hydrogens is 362 g/mol. The van der Waals surface area contributed by atoms with Gasteiger partial charge < -0.3 is 15.5 Å². The minimum atomic E-state index is 0.153. The fourth-order valence-corrected chi connectivity index (χ4v) is 4.62. The lowest BCUT2D eigenvalue weighted by Gasteiger charge is -2.37. The SMILES string of the molecule is CCC(CNC(=NC)N1CCC(CC(=O)NC)CC1)N1CCc2ccccc2C1. The topological polar surface area (TPSA) is 60.0 Å². The standard InChI is InChI=1S/C23H37N5O/c1-4-21(28-14-11-19-7-5-6-8-20(19)17-28)16-26-23(25-3)27-12-9-18(10-13-27)15-22(29)24-2/h5-8,18,21H,4,9-17H2,1-3H3,(H,24,29)(H,25,26). The van der Waals surface area contributed by atoms with Gasteiger partial charge in [0.1, 0.15) is 0 Å². The Morgan fingerprint density at radius 1 is 1.21 bits per heavy atom. The first-order valence-electron chi connectivity index (χ1n) is 11.1. The molecule has 160 valence electrons. The second kappa shape index (κ2) is 10.6. The summed E-state index contributed by atoms with van der Waals surface area (Å²) in [4.78, 5) is 21.1. The third-order valence-electron chi connectivity index (χ3n) is 6.52. The molecule has 2 aliphatic heterocycles. The van der Waals surface area contributed by atoms with Crippen molar-refractivity contribution < 1.29 is 4.79 Å². The van der Waals surface area contributed by atoms with Gasteiger partial charge in [0.05, 0.1) is 0 Å². The highest BCUT2D eigenvalue weighted by molar-refractivity contribution is 5.80. The van der Waals surface area contributed by atoms with Gasteiger partial charge in [0.2, 0.25) is 5.91 Å². The van der Waals surface area contributed by atoms with E-state index in [0.29, 0.717) is 18.4 Å². The molecule has 1 saturated heterocycles. The second-order valence-corrected chi connectivity index (χ2v) is 8.29. The predicted octanol–water partition coefficient (Wildman–Crippen LogP) is 2.25. The molecule has 1 amide bonds. The van der Waals surface area contributed by atoms with E-state index in [4.69, 9.17) is 0 Å². The van der Waals surface area contributed by atoms with Crippen LogP contribution in [0.1, 0.15) is 43.7 Å². The first kappa shape index (κ1) is 21.6. The zero-order valence-electron chi connectivity index (χ0n) is 18.3. The minimum absolute atomic E-state index is 0.153. The van der Waals surface area contributed by atoms with E-state index in [2.05, 4.69) is 56.6 Å². The number of guanidine groups is 1. The molecule has 6 nitrogen and oxygen atoms in total. The molecule has 1 aromatic rings. The Hall–Kier alpha value is -2.08. The van der Waals surface area contributed by atoms with Gasteiger partial charge in [-0.1, -0.05) is 31.2 Å². The molecular formula is C23H37N5O. The van der Waals surface area contributed by atoms with E-state index in [-0.39, 0.29) is 5.91 Å². The molecule has 0 saturated carbocycles. The summed E-state index contributed by atoms with van der Waals surface area (Å²) in [6.07, 6.45) is 5.01. The zero-order valence-corrected chi connectivity index (χ0v) is 18.3. The Kier molecular flexibility index (Phi) is 7.92. The highest BCUT2D eigenvalue weighted by Gasteiger charge is 2.25. The second-order valence-electron chi connectivity index (χ2n) is 8.29. The number of piperidine rings is 1. The molecule has 29 heavy (non-hydrogen) atoms. The molecule has 3 rings (SSSR count). The van der Waals surface area contributed by atoms with Crippen LogP contribution in [0.4, 0.5) is 0 Å². The van der Waals surface area contributed by atoms with E-state index in [0.717, 1.165) is 64.4 Å². The molecule has 2 heterocycles. The zero-order chi connectivity index (χ0) is 20.6. The minimum Gasteiger partial charge on any atom is -0.359 e. The lowest BCUT2D eigenvalue weighted by atomic mass is 9.93. The van der Waals surface area contributed by atoms with Crippen LogP contribution in [0.5, 0.6) is 0 Å². The monoisotopic (exact) mass is 399 g/mol. The molecule has 0 aromatic heterocycles. The maximum absolute atomic E-state index is 11.6. The van der Waals surface area contributed by atoms with E-state index in [9.17, 15) is 4.79 Å². The Labute approximate surface area is 175 Å². The van der Waals surface area contributed by atoms with Crippen LogP contribution in [0.25, 0.3) is 0 Å². The van der Waals surface area contributed by atoms with Crippen molar-refractivity contribution in [1.29, 1.82) is 0 Å². The number of carbonyl (C=O) groups excluding carboxylic acids is 1. The van der Waals surface area contributed by atoms with Crippen LogP contribution in [0.15, 0.2) is 29.3 Å². The van der Waals surface area contributed by atoms with Crippen molar-refractivity contribution in [1.82, 2.24) is 20.4 Å². The first-order chi connectivity index (χ1) is 14.1. The normalized spacial score (nSPS) is 19.6. The quantitative estimate of drug-likeness (QED) is 0.569. The molecule has 0 radical (unpaired) electrons. The Bertz CT molecular complexity index is 696. The largest absolute Gasteiger partial charge is 0.359 e. The van der Waals surface area contributed by atoms with Crippen LogP contribution < -0.4 is 10.6 Å². The van der Waals surface area contributed by atoms with Gasteiger partial charge in [0.25, 0.3) is 0 Å². The lowest BCUT2D eigenvalue weighted by molar-refractivity contribution is -0.121. The number of nitrogens with one attached hydrogen (secondary N) is 2. The third-order valence-corrected chi connectivity index (χ3v) is 6.52. The Morgan fingerprint density at radius 2 is 1.93 bits per heavy atom. The summed E-state index contributed by atoms with van der Waals surface area (Å²) >= 11 is 0. The van der Waals surface area contributed by atoms with Gasteiger partial charge in [-0.3, -0.25) is 14.7 Å². The molecule has 1 atom stereocenters. The summed E-state index contributed by atoms with van der Waals surface area (Å²) in [6, 6.07) is 9.34. The van der Waals surface area contributed by atoms with Gasteiger partial charge >= 0.3 is 0 Å². The van der Waals surface area contributed by atoms with Crippen molar-refractivity contribution in [2.45, 2.75) is 51.6 Å². The number of fused-ring (bicyclic) bond motifs is 1. The van der Waals surface area contributed by atoms with E-state index >= 15 is 0 Å². The van der Waals surface area contributed by atoms with Crippen LogP contribution in [0, 0.1) is 5.92 Å². The molecule has 6 heteroatoms. The number of aliphatic imine (C=N–C) groups is 1.